The quantitative estimate of drug-likeness (QED) is 0.725. The molecule has 1 amide bonds. The van der Waals surface area contributed by atoms with E-state index >= 15 is 0 Å². The average Bonchev–Trinajstić information content (AvgIpc) is 2.73. The van der Waals surface area contributed by atoms with Crippen LogP contribution in [0.5, 0.6) is 0 Å². The fourth-order valence-electron chi connectivity index (χ4n) is 3.44. The maximum atomic E-state index is 12.9. The number of methoxy groups -OCH3 is 1. The number of carbonyl (C=O) groups is 2. The molecule has 2 heterocycles. The monoisotopic (exact) mass is 419 g/mol. The summed E-state index contributed by atoms with van der Waals surface area (Å²) in [5.74, 6) is -0.795. The summed E-state index contributed by atoms with van der Waals surface area (Å²) in [5, 5.41) is 6.09. The van der Waals surface area contributed by atoms with Crippen LogP contribution in [-0.4, -0.2) is 36.6 Å². The zero-order valence-electron chi connectivity index (χ0n) is 16.6. The van der Waals surface area contributed by atoms with Crippen molar-refractivity contribution in [1.29, 1.82) is 0 Å². The van der Waals surface area contributed by atoms with Gasteiger partial charge in [0, 0.05) is 18.8 Å². The molecule has 1 aromatic carbocycles. The van der Waals surface area contributed by atoms with Crippen LogP contribution < -0.4 is 16.2 Å². The molecule has 0 saturated carbocycles. The fraction of sp³-hybridized carbons (Fsp3) is 0.381. The van der Waals surface area contributed by atoms with E-state index in [2.05, 4.69) is 15.4 Å². The van der Waals surface area contributed by atoms with E-state index in [4.69, 9.17) is 0 Å². The number of piperidine rings is 1. The van der Waals surface area contributed by atoms with Gasteiger partial charge in [-0.3, -0.25) is 9.59 Å². The molecule has 1 aromatic heterocycles. The fourth-order valence-corrected chi connectivity index (χ4v) is 3.44. The lowest BCUT2D eigenvalue weighted by molar-refractivity contribution is 0.0600. The second-order valence-corrected chi connectivity index (χ2v) is 6.94. The molecule has 2 aromatic rings. The number of esters is 1. The lowest BCUT2D eigenvalue weighted by atomic mass is 10.0. The van der Waals surface area contributed by atoms with Crippen LogP contribution in [0.2, 0.25) is 0 Å². The maximum Gasteiger partial charge on any atom is 0.337 e. The third-order valence-corrected chi connectivity index (χ3v) is 5.09. The lowest BCUT2D eigenvalue weighted by Gasteiger charge is -2.25. The molecule has 0 radical (unpaired) electrons. The molecule has 1 aliphatic heterocycles. The van der Waals surface area contributed by atoms with Gasteiger partial charge in [0.25, 0.3) is 11.5 Å². The van der Waals surface area contributed by atoms with Crippen molar-refractivity contribution in [3.63, 3.8) is 0 Å². The van der Waals surface area contributed by atoms with E-state index in [0.29, 0.717) is 11.1 Å². The molecular weight excluding hydrogens is 394 g/mol. The van der Waals surface area contributed by atoms with E-state index in [9.17, 15) is 14.4 Å². The Balaban J connectivity index is 0.00000300. The Bertz CT molecular complexity index is 919. The van der Waals surface area contributed by atoms with Crippen LogP contribution in [-0.2, 0) is 11.3 Å². The lowest BCUT2D eigenvalue weighted by Crippen LogP contribution is -2.38. The van der Waals surface area contributed by atoms with Gasteiger partial charge in [0.05, 0.1) is 12.7 Å². The first-order chi connectivity index (χ1) is 13.5. The summed E-state index contributed by atoms with van der Waals surface area (Å²) in [7, 11) is 1.33. The second kappa shape index (κ2) is 10.2. The number of benzene rings is 1. The highest BCUT2D eigenvalue weighted by Crippen LogP contribution is 2.17. The molecule has 0 atom stereocenters. The van der Waals surface area contributed by atoms with E-state index in [0.717, 1.165) is 31.5 Å². The number of nitrogens with zero attached hydrogens (tertiary/aromatic N) is 1. The van der Waals surface area contributed by atoms with Crippen LogP contribution in [0.3, 0.4) is 0 Å². The van der Waals surface area contributed by atoms with Crippen molar-refractivity contribution in [2.24, 2.45) is 0 Å². The number of amides is 1. The van der Waals surface area contributed by atoms with Gasteiger partial charge in [-0.15, -0.1) is 12.4 Å². The van der Waals surface area contributed by atoms with E-state index in [1.165, 1.54) is 7.11 Å². The molecule has 3 rings (SSSR count). The summed E-state index contributed by atoms with van der Waals surface area (Å²) < 4.78 is 6.36. The van der Waals surface area contributed by atoms with Gasteiger partial charge in [0.2, 0.25) is 0 Å². The van der Waals surface area contributed by atoms with Crippen molar-refractivity contribution in [2.45, 2.75) is 32.4 Å². The van der Waals surface area contributed by atoms with Gasteiger partial charge in [-0.2, -0.15) is 0 Å². The third-order valence-electron chi connectivity index (χ3n) is 5.09. The number of ether oxygens (including phenoxy) is 1. The van der Waals surface area contributed by atoms with E-state index in [-0.39, 0.29) is 42.0 Å². The van der Waals surface area contributed by atoms with Gasteiger partial charge < -0.3 is 19.9 Å². The Kier molecular flexibility index (Phi) is 7.99. The minimum Gasteiger partial charge on any atom is -0.465 e. The van der Waals surface area contributed by atoms with Crippen LogP contribution >= 0.6 is 12.4 Å². The minimum absolute atomic E-state index is 0. The number of hydrogen-bond donors (Lipinski definition) is 2. The standard InChI is InChI=1S/C21H25N3O4.ClH/c1-14-9-12-24(17-7-10-22-11-8-17)20(26)18(14)19(25)23-13-15-3-5-16(6-4-15)21(27)28-2;/h3-6,9,12,17,22H,7-8,10-11,13H2,1-2H3,(H,23,25);1H. The Hall–Kier alpha value is -2.64. The maximum absolute atomic E-state index is 12.9. The number of nitrogens with one attached hydrogen (secondary N) is 2. The minimum atomic E-state index is -0.408. The van der Waals surface area contributed by atoms with Gasteiger partial charge in [0.15, 0.2) is 0 Å². The summed E-state index contributed by atoms with van der Waals surface area (Å²) in [4.78, 5) is 37.1. The normalized spacial score (nSPS) is 14.0. The number of hydrogen-bond acceptors (Lipinski definition) is 5. The number of aromatic nitrogens is 1. The molecule has 1 saturated heterocycles. The highest BCUT2D eigenvalue weighted by atomic mass is 35.5. The summed E-state index contributed by atoms with van der Waals surface area (Å²) >= 11 is 0. The van der Waals surface area contributed by atoms with Crippen molar-refractivity contribution >= 4 is 24.3 Å². The van der Waals surface area contributed by atoms with E-state index < -0.39 is 5.97 Å². The molecule has 1 fully saturated rings. The Labute approximate surface area is 175 Å². The van der Waals surface area contributed by atoms with Crippen LogP contribution in [0.15, 0.2) is 41.3 Å². The zero-order chi connectivity index (χ0) is 20.1. The predicted octanol–water partition coefficient (Wildman–Crippen LogP) is 2.22. The number of halogens is 1. The first-order valence-corrected chi connectivity index (χ1v) is 9.39. The van der Waals surface area contributed by atoms with Crippen molar-refractivity contribution in [3.05, 3.63) is 69.1 Å². The van der Waals surface area contributed by atoms with Gasteiger partial charge in [-0.25, -0.2) is 4.79 Å². The van der Waals surface area contributed by atoms with Crippen LogP contribution in [0, 0.1) is 6.92 Å². The third kappa shape index (κ3) is 5.25. The predicted molar refractivity (Wildman–Crippen MR) is 113 cm³/mol. The highest BCUT2D eigenvalue weighted by molar-refractivity contribution is 5.95. The van der Waals surface area contributed by atoms with Crippen molar-refractivity contribution < 1.29 is 14.3 Å². The molecular formula is C21H26ClN3O4. The molecule has 1 aliphatic rings. The topological polar surface area (TPSA) is 89.4 Å². The van der Waals surface area contributed by atoms with Gasteiger partial charge in [0.1, 0.15) is 5.56 Å². The molecule has 0 bridgehead atoms. The summed E-state index contributed by atoms with van der Waals surface area (Å²) in [6.45, 7) is 3.78. The average molecular weight is 420 g/mol. The molecule has 7 nitrogen and oxygen atoms in total. The molecule has 8 heteroatoms. The van der Waals surface area contributed by atoms with E-state index in [1.807, 2.05) is 6.07 Å². The van der Waals surface area contributed by atoms with Crippen molar-refractivity contribution in [2.75, 3.05) is 20.2 Å². The van der Waals surface area contributed by atoms with Gasteiger partial charge >= 0.3 is 5.97 Å². The van der Waals surface area contributed by atoms with Gasteiger partial charge in [-0.1, -0.05) is 12.1 Å². The summed E-state index contributed by atoms with van der Waals surface area (Å²) in [5.41, 5.74) is 1.88. The molecule has 29 heavy (non-hydrogen) atoms. The van der Waals surface area contributed by atoms with Crippen molar-refractivity contribution in [3.8, 4) is 0 Å². The first kappa shape index (κ1) is 22.6. The summed E-state index contributed by atoms with van der Waals surface area (Å²) in [6, 6.07) is 8.72. The van der Waals surface area contributed by atoms with Crippen molar-refractivity contribution in [1.82, 2.24) is 15.2 Å². The first-order valence-electron chi connectivity index (χ1n) is 9.39. The number of rotatable bonds is 5. The molecule has 2 N–H and O–H groups in total. The number of pyridine rings is 1. The molecule has 0 spiro atoms. The van der Waals surface area contributed by atoms with Crippen LogP contribution in [0.4, 0.5) is 0 Å². The van der Waals surface area contributed by atoms with Crippen LogP contribution in [0.25, 0.3) is 0 Å². The molecule has 0 aliphatic carbocycles. The Morgan fingerprint density at radius 3 is 2.45 bits per heavy atom. The van der Waals surface area contributed by atoms with Gasteiger partial charge in [-0.05, 0) is 62.2 Å². The van der Waals surface area contributed by atoms with E-state index in [1.54, 1.807) is 42.0 Å². The number of carbonyl (C=O) groups excluding carboxylic acids is 2. The number of aryl methyl sites for hydroxylation is 1. The largest absolute Gasteiger partial charge is 0.465 e. The zero-order valence-corrected chi connectivity index (χ0v) is 17.4. The highest BCUT2D eigenvalue weighted by Gasteiger charge is 2.21. The molecule has 0 unspecified atom stereocenters. The smallest absolute Gasteiger partial charge is 0.337 e. The second-order valence-electron chi connectivity index (χ2n) is 6.94. The Morgan fingerprint density at radius 1 is 1.17 bits per heavy atom. The SMILES string of the molecule is COC(=O)c1ccc(CNC(=O)c2c(C)ccn(C3CCNCC3)c2=O)cc1.Cl. The summed E-state index contributed by atoms with van der Waals surface area (Å²) in [6.07, 6.45) is 3.53. The van der Waals surface area contributed by atoms with Crippen LogP contribution in [0.1, 0.15) is 50.7 Å². The molecule has 156 valence electrons. The Morgan fingerprint density at radius 2 is 1.83 bits per heavy atom.